The third-order valence-electron chi connectivity index (χ3n) is 2.86. The van der Waals surface area contributed by atoms with Crippen LogP contribution in [0.1, 0.15) is 30.2 Å². The summed E-state index contributed by atoms with van der Waals surface area (Å²) < 4.78 is 1.14. The molecule has 16 heavy (non-hydrogen) atoms. The first-order valence-corrected chi connectivity index (χ1v) is 7.42. The fourth-order valence-corrected chi connectivity index (χ4v) is 3.49. The zero-order chi connectivity index (χ0) is 11.4. The molecule has 1 aromatic heterocycles. The molecule has 0 amide bonds. The molecule has 1 saturated heterocycles. The number of piperidine rings is 1. The highest BCUT2D eigenvalue weighted by Gasteiger charge is 2.17. The van der Waals surface area contributed by atoms with Gasteiger partial charge in [0, 0.05) is 34.4 Å². The second kappa shape index (κ2) is 6.12. The van der Waals surface area contributed by atoms with E-state index in [9.17, 15) is 0 Å². The molecule has 0 saturated carbocycles. The molecule has 0 bridgehead atoms. The van der Waals surface area contributed by atoms with E-state index < -0.39 is 0 Å². The first kappa shape index (κ1) is 12.5. The van der Waals surface area contributed by atoms with Crippen LogP contribution in [0.3, 0.4) is 0 Å². The van der Waals surface area contributed by atoms with Gasteiger partial charge in [-0.25, -0.2) is 10.4 Å². The first-order valence-electron chi connectivity index (χ1n) is 5.74. The first-order chi connectivity index (χ1) is 7.79. The van der Waals surface area contributed by atoms with Gasteiger partial charge in [-0.05, 0) is 34.8 Å². The average Bonchev–Trinajstić information content (AvgIpc) is 2.74. The van der Waals surface area contributed by atoms with E-state index in [0.29, 0.717) is 6.54 Å². The highest BCUT2D eigenvalue weighted by Crippen LogP contribution is 2.25. The number of halogens is 1. The summed E-state index contributed by atoms with van der Waals surface area (Å²) in [7, 11) is 0. The van der Waals surface area contributed by atoms with Crippen LogP contribution in [0, 0.1) is 0 Å². The van der Waals surface area contributed by atoms with E-state index in [1.807, 2.05) is 0 Å². The number of nitrogens with two attached hydrogens (primary N) is 1. The van der Waals surface area contributed by atoms with Crippen molar-refractivity contribution < 1.29 is 0 Å². The zero-order valence-corrected chi connectivity index (χ0v) is 11.7. The van der Waals surface area contributed by atoms with Crippen molar-refractivity contribution in [2.45, 2.75) is 25.3 Å². The quantitative estimate of drug-likeness (QED) is 0.898. The molecule has 0 radical (unpaired) electrons. The Hall–Kier alpha value is 0.0600. The minimum absolute atomic E-state index is 0.259. The maximum atomic E-state index is 5.83. The summed E-state index contributed by atoms with van der Waals surface area (Å²) in [6, 6.07) is 2.41. The molecule has 1 unspecified atom stereocenters. The molecule has 2 heterocycles. The van der Waals surface area contributed by atoms with Gasteiger partial charge < -0.3 is 5.73 Å². The lowest BCUT2D eigenvalue weighted by atomic mass is 10.1. The number of nitrogens with zero attached hydrogens (tertiary/aromatic N) is 1. The SMILES string of the molecule is NCC(NN1CCCCC1)c1cc(Br)cs1. The summed E-state index contributed by atoms with van der Waals surface area (Å²) in [4.78, 5) is 1.31. The Balaban J connectivity index is 1.94. The fraction of sp³-hybridized carbons (Fsp3) is 0.636. The van der Waals surface area contributed by atoms with Crippen LogP contribution in [0.25, 0.3) is 0 Å². The fourth-order valence-electron chi connectivity index (χ4n) is 1.99. The van der Waals surface area contributed by atoms with Crippen LogP contribution in [0.5, 0.6) is 0 Å². The highest BCUT2D eigenvalue weighted by molar-refractivity contribution is 9.10. The monoisotopic (exact) mass is 303 g/mol. The lowest BCUT2D eigenvalue weighted by Crippen LogP contribution is -2.45. The molecule has 0 aromatic carbocycles. The van der Waals surface area contributed by atoms with Crippen LogP contribution < -0.4 is 11.2 Å². The van der Waals surface area contributed by atoms with Crippen molar-refractivity contribution in [3.05, 3.63) is 20.8 Å². The largest absolute Gasteiger partial charge is 0.329 e. The number of rotatable bonds is 4. The second-order valence-electron chi connectivity index (χ2n) is 4.13. The van der Waals surface area contributed by atoms with Gasteiger partial charge in [0.25, 0.3) is 0 Å². The molecule has 1 fully saturated rings. The second-order valence-corrected chi connectivity index (χ2v) is 5.99. The maximum absolute atomic E-state index is 5.83. The molecule has 2 rings (SSSR count). The lowest BCUT2D eigenvalue weighted by Gasteiger charge is -2.30. The van der Waals surface area contributed by atoms with E-state index in [0.717, 1.165) is 17.6 Å². The normalized spacial score (nSPS) is 19.9. The van der Waals surface area contributed by atoms with Crippen LogP contribution in [-0.2, 0) is 0 Å². The minimum Gasteiger partial charge on any atom is -0.329 e. The van der Waals surface area contributed by atoms with Crippen molar-refractivity contribution in [1.29, 1.82) is 0 Å². The predicted molar refractivity (Wildman–Crippen MR) is 72.4 cm³/mol. The van der Waals surface area contributed by atoms with Crippen molar-refractivity contribution in [1.82, 2.24) is 10.4 Å². The van der Waals surface area contributed by atoms with E-state index in [2.05, 4.69) is 37.8 Å². The summed E-state index contributed by atoms with van der Waals surface area (Å²) in [5, 5.41) is 4.42. The van der Waals surface area contributed by atoms with Gasteiger partial charge >= 0.3 is 0 Å². The topological polar surface area (TPSA) is 41.3 Å². The molecule has 90 valence electrons. The molecule has 1 aromatic rings. The van der Waals surface area contributed by atoms with E-state index >= 15 is 0 Å². The number of nitrogens with one attached hydrogen (secondary N) is 1. The molecular formula is C11H18BrN3S. The van der Waals surface area contributed by atoms with Crippen molar-refractivity contribution in [2.75, 3.05) is 19.6 Å². The molecule has 1 aliphatic rings. The molecule has 5 heteroatoms. The molecule has 3 nitrogen and oxygen atoms in total. The van der Waals surface area contributed by atoms with Gasteiger partial charge in [0.2, 0.25) is 0 Å². The van der Waals surface area contributed by atoms with Gasteiger partial charge in [-0.3, -0.25) is 0 Å². The van der Waals surface area contributed by atoms with Crippen molar-refractivity contribution in [3.8, 4) is 0 Å². The van der Waals surface area contributed by atoms with Crippen molar-refractivity contribution in [3.63, 3.8) is 0 Å². The Labute approximate surface area is 109 Å². The van der Waals surface area contributed by atoms with Crippen LogP contribution in [0.4, 0.5) is 0 Å². The van der Waals surface area contributed by atoms with E-state index in [1.165, 1.54) is 24.1 Å². The van der Waals surface area contributed by atoms with Crippen molar-refractivity contribution in [2.24, 2.45) is 5.73 Å². The van der Waals surface area contributed by atoms with Gasteiger partial charge in [0.15, 0.2) is 0 Å². The summed E-state index contributed by atoms with van der Waals surface area (Å²) in [5.41, 5.74) is 9.37. The molecular weight excluding hydrogens is 286 g/mol. The van der Waals surface area contributed by atoms with E-state index in [-0.39, 0.29) is 6.04 Å². The molecule has 1 atom stereocenters. The van der Waals surface area contributed by atoms with Gasteiger partial charge in [-0.1, -0.05) is 6.42 Å². The summed E-state index contributed by atoms with van der Waals surface area (Å²) >= 11 is 5.24. The van der Waals surface area contributed by atoms with Crippen LogP contribution in [0.15, 0.2) is 15.9 Å². The minimum atomic E-state index is 0.259. The molecule has 1 aliphatic heterocycles. The van der Waals surface area contributed by atoms with E-state index in [4.69, 9.17) is 5.73 Å². The van der Waals surface area contributed by atoms with Crippen molar-refractivity contribution >= 4 is 27.3 Å². The predicted octanol–water partition coefficient (Wildman–Crippen LogP) is 2.50. The lowest BCUT2D eigenvalue weighted by molar-refractivity contribution is 0.131. The average molecular weight is 304 g/mol. The summed E-state index contributed by atoms with van der Waals surface area (Å²) in [6.07, 6.45) is 3.94. The van der Waals surface area contributed by atoms with Gasteiger partial charge in [0.05, 0.1) is 6.04 Å². The molecule has 3 N–H and O–H groups in total. The Kier molecular flexibility index (Phi) is 4.79. The third-order valence-corrected chi connectivity index (χ3v) is 4.67. The number of hydrogen-bond donors (Lipinski definition) is 2. The Morgan fingerprint density at radius 3 is 2.75 bits per heavy atom. The molecule has 0 spiro atoms. The Morgan fingerprint density at radius 1 is 1.44 bits per heavy atom. The van der Waals surface area contributed by atoms with Gasteiger partial charge in [-0.2, -0.15) is 0 Å². The Bertz CT molecular complexity index is 323. The number of hydrogen-bond acceptors (Lipinski definition) is 4. The van der Waals surface area contributed by atoms with Crippen LogP contribution >= 0.6 is 27.3 Å². The smallest absolute Gasteiger partial charge is 0.0680 e. The summed E-state index contributed by atoms with van der Waals surface area (Å²) in [6.45, 7) is 2.93. The van der Waals surface area contributed by atoms with Crippen LogP contribution in [0.2, 0.25) is 0 Å². The van der Waals surface area contributed by atoms with Crippen LogP contribution in [-0.4, -0.2) is 24.6 Å². The number of thiophene rings is 1. The third kappa shape index (κ3) is 3.28. The Morgan fingerprint density at radius 2 is 2.19 bits per heavy atom. The number of hydrazine groups is 1. The maximum Gasteiger partial charge on any atom is 0.0680 e. The zero-order valence-electron chi connectivity index (χ0n) is 9.29. The highest BCUT2D eigenvalue weighted by atomic mass is 79.9. The standard InChI is InChI=1S/C11H18BrN3S/c12-9-6-11(16-8-9)10(7-13)14-15-4-2-1-3-5-15/h6,8,10,14H,1-5,7,13H2. The van der Waals surface area contributed by atoms with E-state index in [1.54, 1.807) is 11.3 Å². The van der Waals surface area contributed by atoms with Gasteiger partial charge in [-0.15, -0.1) is 11.3 Å². The molecule has 0 aliphatic carbocycles. The van der Waals surface area contributed by atoms with Gasteiger partial charge in [0.1, 0.15) is 0 Å². The summed E-state index contributed by atoms with van der Waals surface area (Å²) in [5.74, 6) is 0.